The summed E-state index contributed by atoms with van der Waals surface area (Å²) in [4.78, 5) is 40.0. The number of carboxylic acids is 1. The molecule has 8 nitrogen and oxygen atoms in total. The Hall–Kier alpha value is -3.30. The molecule has 1 fully saturated rings. The van der Waals surface area contributed by atoms with E-state index in [9.17, 15) is 19.5 Å². The van der Waals surface area contributed by atoms with Gasteiger partial charge in [0.05, 0.1) is 16.2 Å². The van der Waals surface area contributed by atoms with Crippen LogP contribution in [0, 0.1) is 5.82 Å². The zero-order valence-electron chi connectivity index (χ0n) is 18.8. The van der Waals surface area contributed by atoms with Gasteiger partial charge in [-0.25, -0.2) is 9.18 Å². The number of benzene rings is 2. The first-order chi connectivity index (χ1) is 16.7. The van der Waals surface area contributed by atoms with E-state index in [2.05, 4.69) is 0 Å². The minimum absolute atomic E-state index is 0.0137. The molecular weight excluding hydrogens is 500 g/mol. The highest BCUT2D eigenvalue weighted by molar-refractivity contribution is 6.35. The Morgan fingerprint density at radius 1 is 1.11 bits per heavy atom. The molecule has 1 aromatic heterocycles. The van der Waals surface area contributed by atoms with Crippen LogP contribution in [0.4, 0.5) is 10.1 Å². The van der Waals surface area contributed by atoms with E-state index in [1.807, 2.05) is 6.92 Å². The van der Waals surface area contributed by atoms with Crippen molar-refractivity contribution in [3.63, 3.8) is 0 Å². The number of amides is 1. The number of carbonyl (C=O) groups is 2. The van der Waals surface area contributed by atoms with Crippen molar-refractivity contribution in [2.75, 3.05) is 37.7 Å². The minimum atomic E-state index is -1.35. The van der Waals surface area contributed by atoms with Crippen molar-refractivity contribution >= 4 is 51.7 Å². The molecule has 11 heteroatoms. The zero-order chi connectivity index (χ0) is 25.3. The molecule has 3 aromatic rings. The molecule has 0 atom stereocenters. The number of carbonyl (C=O) groups excluding carboxylic acids is 1. The summed E-state index contributed by atoms with van der Waals surface area (Å²) in [6, 6.07) is 7.38. The van der Waals surface area contributed by atoms with Gasteiger partial charge in [-0.15, -0.1) is 0 Å². The van der Waals surface area contributed by atoms with Crippen LogP contribution >= 0.6 is 23.2 Å². The van der Waals surface area contributed by atoms with Gasteiger partial charge < -0.3 is 24.2 Å². The first-order valence-corrected chi connectivity index (χ1v) is 11.7. The van der Waals surface area contributed by atoms with Crippen LogP contribution in [0.3, 0.4) is 0 Å². The average molecular weight is 522 g/mol. The van der Waals surface area contributed by atoms with Crippen LogP contribution in [0.1, 0.15) is 17.3 Å². The van der Waals surface area contributed by atoms with Gasteiger partial charge in [0.25, 0.3) is 5.91 Å². The SMILES string of the molecule is CCn1cc(C(=O)O)c(=O)c2cc(F)c(N3CCN(C(=O)COc4ccc(Cl)cc4Cl)CC3)cc21. The van der Waals surface area contributed by atoms with Crippen LogP contribution in [0.15, 0.2) is 41.3 Å². The van der Waals surface area contributed by atoms with Gasteiger partial charge in [-0.1, -0.05) is 23.2 Å². The highest BCUT2D eigenvalue weighted by Gasteiger charge is 2.25. The molecule has 1 aliphatic rings. The Labute approximate surface area is 210 Å². The number of aromatic nitrogens is 1. The van der Waals surface area contributed by atoms with Crippen LogP contribution in [0.2, 0.25) is 10.0 Å². The lowest BCUT2D eigenvalue weighted by Crippen LogP contribution is -2.50. The Morgan fingerprint density at radius 2 is 1.83 bits per heavy atom. The number of halogens is 3. The third-order valence-corrected chi connectivity index (χ3v) is 6.47. The fraction of sp³-hybridized carbons (Fsp3) is 0.292. The van der Waals surface area contributed by atoms with Gasteiger partial charge in [-0.3, -0.25) is 9.59 Å². The molecule has 184 valence electrons. The molecule has 1 saturated heterocycles. The molecule has 2 aromatic carbocycles. The second-order valence-electron chi connectivity index (χ2n) is 8.02. The van der Waals surface area contributed by atoms with E-state index in [0.717, 1.165) is 6.07 Å². The zero-order valence-corrected chi connectivity index (χ0v) is 20.3. The summed E-state index contributed by atoms with van der Waals surface area (Å²) in [5.41, 5.74) is -0.385. The Balaban J connectivity index is 1.48. The van der Waals surface area contributed by atoms with Crippen molar-refractivity contribution in [1.82, 2.24) is 9.47 Å². The molecule has 0 radical (unpaired) electrons. The molecule has 2 heterocycles. The van der Waals surface area contributed by atoms with Gasteiger partial charge in [0, 0.05) is 49.3 Å². The van der Waals surface area contributed by atoms with E-state index in [0.29, 0.717) is 59.7 Å². The maximum atomic E-state index is 15.0. The molecule has 0 bridgehead atoms. The summed E-state index contributed by atoms with van der Waals surface area (Å²) >= 11 is 11.9. The number of pyridine rings is 1. The lowest BCUT2D eigenvalue weighted by atomic mass is 10.1. The third-order valence-electron chi connectivity index (χ3n) is 5.94. The number of nitrogens with zero attached hydrogens (tertiary/aromatic N) is 3. The summed E-state index contributed by atoms with van der Waals surface area (Å²) in [5, 5.41) is 10.1. The van der Waals surface area contributed by atoms with Crippen molar-refractivity contribution in [2.24, 2.45) is 0 Å². The number of hydrogen-bond acceptors (Lipinski definition) is 5. The van der Waals surface area contributed by atoms with E-state index in [-0.39, 0.29) is 17.9 Å². The molecule has 0 saturated carbocycles. The van der Waals surface area contributed by atoms with Crippen LogP contribution in [-0.4, -0.2) is 59.2 Å². The fourth-order valence-electron chi connectivity index (χ4n) is 4.08. The molecule has 1 N–H and O–H groups in total. The van der Waals surface area contributed by atoms with Gasteiger partial charge in [-0.2, -0.15) is 0 Å². The fourth-order valence-corrected chi connectivity index (χ4v) is 4.54. The molecule has 4 rings (SSSR count). The highest BCUT2D eigenvalue weighted by atomic mass is 35.5. The van der Waals surface area contributed by atoms with Crippen molar-refractivity contribution < 1.29 is 23.8 Å². The van der Waals surface area contributed by atoms with E-state index in [1.54, 1.807) is 32.6 Å². The van der Waals surface area contributed by atoms with Crippen molar-refractivity contribution in [3.8, 4) is 5.75 Å². The number of hydrogen-bond donors (Lipinski definition) is 1. The molecule has 0 aliphatic carbocycles. The maximum Gasteiger partial charge on any atom is 0.341 e. The number of aromatic carboxylic acids is 1. The molecule has 0 unspecified atom stereocenters. The molecular formula is C24H22Cl2FN3O5. The van der Waals surface area contributed by atoms with Crippen LogP contribution in [-0.2, 0) is 11.3 Å². The van der Waals surface area contributed by atoms with Gasteiger partial charge in [0.2, 0.25) is 5.43 Å². The summed E-state index contributed by atoms with van der Waals surface area (Å²) in [7, 11) is 0. The van der Waals surface area contributed by atoms with Crippen molar-refractivity contribution in [3.05, 3.63) is 68.2 Å². The molecule has 35 heavy (non-hydrogen) atoms. The number of aryl methyl sites for hydroxylation is 1. The van der Waals surface area contributed by atoms with E-state index >= 15 is 4.39 Å². The topological polar surface area (TPSA) is 92.1 Å². The van der Waals surface area contributed by atoms with Crippen molar-refractivity contribution in [2.45, 2.75) is 13.5 Å². The predicted molar refractivity (Wildman–Crippen MR) is 132 cm³/mol. The Morgan fingerprint density at radius 3 is 2.46 bits per heavy atom. The smallest absolute Gasteiger partial charge is 0.341 e. The maximum absolute atomic E-state index is 15.0. The molecule has 1 amide bonds. The second-order valence-corrected chi connectivity index (χ2v) is 8.86. The number of fused-ring (bicyclic) bond motifs is 1. The summed E-state index contributed by atoms with van der Waals surface area (Å²) in [6.07, 6.45) is 1.28. The van der Waals surface area contributed by atoms with Crippen LogP contribution in [0.5, 0.6) is 5.75 Å². The Bertz CT molecular complexity index is 1370. The minimum Gasteiger partial charge on any atom is -0.482 e. The first-order valence-electron chi connectivity index (χ1n) is 10.9. The van der Waals surface area contributed by atoms with Gasteiger partial charge in [0.15, 0.2) is 6.61 Å². The second kappa shape index (κ2) is 10.1. The lowest BCUT2D eigenvalue weighted by molar-refractivity contribution is -0.133. The third kappa shape index (κ3) is 5.06. The Kier molecular flexibility index (Phi) is 7.18. The quantitative estimate of drug-likeness (QED) is 0.528. The summed E-state index contributed by atoms with van der Waals surface area (Å²) < 4.78 is 22.2. The number of piperazine rings is 1. The molecule has 0 spiro atoms. The first kappa shape index (κ1) is 24.8. The standard InChI is InChI=1S/C24H22Cl2FN3O5/c1-2-28-12-16(24(33)34)23(32)15-10-18(27)20(11-19(15)28)29-5-7-30(8-6-29)22(31)13-35-21-4-3-14(25)9-17(21)26/h3-4,9-12H,2,5-8,13H2,1H3,(H,33,34). The van der Waals surface area contributed by atoms with E-state index in [1.165, 1.54) is 12.3 Å². The average Bonchev–Trinajstić information content (AvgIpc) is 2.83. The van der Waals surface area contributed by atoms with Crippen molar-refractivity contribution in [1.29, 1.82) is 0 Å². The van der Waals surface area contributed by atoms with E-state index < -0.39 is 22.8 Å². The van der Waals surface area contributed by atoms with Crippen LogP contribution in [0.25, 0.3) is 10.9 Å². The van der Waals surface area contributed by atoms with Crippen LogP contribution < -0.4 is 15.1 Å². The summed E-state index contributed by atoms with van der Waals surface area (Å²) in [5.74, 6) is -1.85. The molecule has 1 aliphatic heterocycles. The number of anilines is 1. The highest BCUT2D eigenvalue weighted by Crippen LogP contribution is 2.28. The van der Waals surface area contributed by atoms with Gasteiger partial charge in [0.1, 0.15) is 17.1 Å². The van der Waals surface area contributed by atoms with Gasteiger partial charge in [-0.05, 0) is 37.3 Å². The summed E-state index contributed by atoms with van der Waals surface area (Å²) in [6.45, 7) is 3.47. The number of rotatable bonds is 6. The monoisotopic (exact) mass is 521 g/mol. The number of ether oxygens (including phenoxy) is 1. The normalized spacial score (nSPS) is 13.8. The van der Waals surface area contributed by atoms with Gasteiger partial charge >= 0.3 is 5.97 Å². The predicted octanol–water partition coefficient (Wildman–Crippen LogP) is 3.89. The number of carboxylic acid groups (broad SMARTS) is 1. The lowest BCUT2D eigenvalue weighted by Gasteiger charge is -2.36. The largest absolute Gasteiger partial charge is 0.482 e. The van der Waals surface area contributed by atoms with E-state index in [4.69, 9.17) is 27.9 Å².